The molecule has 4 nitrogen and oxygen atoms in total. The van der Waals surface area contributed by atoms with Gasteiger partial charge >= 0.3 is 6.18 Å². The molecule has 0 N–H and O–H groups in total. The molecular formula is C17H17F3N2O2. The van der Waals surface area contributed by atoms with Crippen molar-refractivity contribution in [2.24, 2.45) is 0 Å². The predicted octanol–water partition coefficient (Wildman–Crippen LogP) is 5.06. The Hall–Kier alpha value is -2.70. The van der Waals surface area contributed by atoms with Crippen molar-refractivity contribution >= 4 is 17.9 Å². The fraction of sp³-hybridized carbons (Fsp3) is 0.235. The van der Waals surface area contributed by atoms with Gasteiger partial charge in [0.1, 0.15) is 12.3 Å². The van der Waals surface area contributed by atoms with Crippen LogP contribution in [0.15, 0.2) is 41.1 Å². The van der Waals surface area contributed by atoms with Crippen LogP contribution < -0.4 is 0 Å². The first kappa shape index (κ1) is 19.3. The molecule has 0 saturated carbocycles. The summed E-state index contributed by atoms with van der Waals surface area (Å²) in [6.07, 6.45) is -1.16. The fourth-order valence-electron chi connectivity index (χ4n) is 1.93. The standard InChI is InChI=1S/C14H9F3N2O.C2H6.CH2O/c1-8-7-18-5-4-10(8)13-19-11-6-9(14(15,16)17)2-3-12(11)20-13;2*1-2/h2-7H,1H3;1-2H3;1H2. The van der Waals surface area contributed by atoms with E-state index in [4.69, 9.17) is 9.21 Å². The van der Waals surface area contributed by atoms with Crippen molar-refractivity contribution in [1.82, 2.24) is 9.97 Å². The van der Waals surface area contributed by atoms with Crippen molar-refractivity contribution in [3.8, 4) is 11.5 Å². The Morgan fingerprint density at radius 2 is 1.79 bits per heavy atom. The molecule has 3 rings (SSSR count). The topological polar surface area (TPSA) is 56.0 Å². The van der Waals surface area contributed by atoms with Gasteiger partial charge in [0.15, 0.2) is 5.58 Å². The Balaban J connectivity index is 0.000000671. The molecule has 0 radical (unpaired) electrons. The molecule has 3 aromatic rings. The Morgan fingerprint density at radius 3 is 2.38 bits per heavy atom. The maximum atomic E-state index is 12.6. The number of halogens is 3. The minimum Gasteiger partial charge on any atom is -0.436 e. The van der Waals surface area contributed by atoms with Crippen LogP contribution in [0.5, 0.6) is 0 Å². The van der Waals surface area contributed by atoms with Crippen molar-refractivity contribution in [3.63, 3.8) is 0 Å². The Morgan fingerprint density at radius 1 is 1.12 bits per heavy atom. The molecule has 2 heterocycles. The number of rotatable bonds is 1. The monoisotopic (exact) mass is 338 g/mol. The van der Waals surface area contributed by atoms with Gasteiger partial charge in [0.05, 0.1) is 5.56 Å². The van der Waals surface area contributed by atoms with E-state index in [0.29, 0.717) is 17.0 Å². The Kier molecular flexibility index (Phi) is 6.64. The van der Waals surface area contributed by atoms with Gasteiger partial charge in [-0.1, -0.05) is 13.8 Å². The Bertz CT molecular complexity index is 798. The van der Waals surface area contributed by atoms with Gasteiger partial charge in [-0.2, -0.15) is 13.2 Å². The second-order valence-corrected chi connectivity index (χ2v) is 4.39. The molecule has 2 aromatic heterocycles. The molecule has 0 aliphatic rings. The minimum absolute atomic E-state index is 0.186. The Labute approximate surface area is 137 Å². The lowest BCUT2D eigenvalue weighted by atomic mass is 10.1. The summed E-state index contributed by atoms with van der Waals surface area (Å²) in [6.45, 7) is 7.83. The molecule has 0 unspecified atom stereocenters. The average Bonchev–Trinajstić information content (AvgIpc) is 3.01. The first-order valence-corrected chi connectivity index (χ1v) is 7.13. The molecule has 24 heavy (non-hydrogen) atoms. The summed E-state index contributed by atoms with van der Waals surface area (Å²) in [4.78, 5) is 16.1. The number of oxazole rings is 1. The normalized spacial score (nSPS) is 10.4. The number of benzene rings is 1. The highest BCUT2D eigenvalue weighted by molar-refractivity contribution is 5.77. The fourth-order valence-corrected chi connectivity index (χ4v) is 1.93. The van der Waals surface area contributed by atoms with Crippen LogP contribution in [0.1, 0.15) is 25.0 Å². The number of nitrogens with zero attached hydrogens (tertiary/aromatic N) is 2. The molecule has 0 fully saturated rings. The number of alkyl halides is 3. The molecule has 7 heteroatoms. The number of carbonyl (C=O) groups excluding carboxylic acids is 1. The van der Waals surface area contributed by atoms with Gasteiger partial charge in [-0.25, -0.2) is 4.98 Å². The smallest absolute Gasteiger partial charge is 0.416 e. The maximum absolute atomic E-state index is 12.6. The van der Waals surface area contributed by atoms with Crippen LogP contribution in [0.25, 0.3) is 22.6 Å². The van der Waals surface area contributed by atoms with Gasteiger partial charge in [-0.15, -0.1) is 0 Å². The molecule has 1 aromatic carbocycles. The van der Waals surface area contributed by atoms with Crippen LogP contribution in [-0.4, -0.2) is 16.8 Å². The van der Waals surface area contributed by atoms with E-state index in [1.54, 1.807) is 18.5 Å². The number of carbonyl (C=O) groups is 1. The lowest BCUT2D eigenvalue weighted by Crippen LogP contribution is -2.03. The number of aryl methyl sites for hydroxylation is 1. The summed E-state index contributed by atoms with van der Waals surface area (Å²) in [7, 11) is 0. The second kappa shape index (κ2) is 8.24. The molecule has 0 amide bonds. The van der Waals surface area contributed by atoms with Gasteiger partial charge in [0.2, 0.25) is 5.89 Å². The van der Waals surface area contributed by atoms with Crippen LogP contribution in [0.3, 0.4) is 0 Å². The van der Waals surface area contributed by atoms with Crippen molar-refractivity contribution < 1.29 is 22.4 Å². The molecule has 0 bridgehead atoms. The summed E-state index contributed by atoms with van der Waals surface area (Å²) >= 11 is 0. The van der Waals surface area contributed by atoms with E-state index in [2.05, 4.69) is 9.97 Å². The third kappa shape index (κ3) is 4.18. The number of pyridine rings is 1. The number of hydrogen-bond acceptors (Lipinski definition) is 4. The summed E-state index contributed by atoms with van der Waals surface area (Å²) < 4.78 is 43.4. The largest absolute Gasteiger partial charge is 0.436 e. The van der Waals surface area contributed by atoms with Gasteiger partial charge in [0, 0.05) is 18.0 Å². The van der Waals surface area contributed by atoms with E-state index in [0.717, 1.165) is 17.7 Å². The van der Waals surface area contributed by atoms with Gasteiger partial charge < -0.3 is 9.21 Å². The van der Waals surface area contributed by atoms with Crippen LogP contribution in [0.4, 0.5) is 13.2 Å². The van der Waals surface area contributed by atoms with E-state index < -0.39 is 11.7 Å². The van der Waals surface area contributed by atoms with Crippen molar-refractivity contribution in [2.75, 3.05) is 0 Å². The van der Waals surface area contributed by atoms with Crippen LogP contribution in [-0.2, 0) is 11.0 Å². The maximum Gasteiger partial charge on any atom is 0.416 e. The molecular weight excluding hydrogens is 321 g/mol. The van der Waals surface area contributed by atoms with E-state index in [1.165, 1.54) is 6.07 Å². The molecule has 0 atom stereocenters. The van der Waals surface area contributed by atoms with Gasteiger partial charge in [-0.05, 0) is 36.8 Å². The number of hydrogen-bond donors (Lipinski definition) is 0. The second-order valence-electron chi connectivity index (χ2n) is 4.39. The van der Waals surface area contributed by atoms with Crippen molar-refractivity contribution in [2.45, 2.75) is 26.9 Å². The van der Waals surface area contributed by atoms with Gasteiger partial charge in [0.25, 0.3) is 0 Å². The lowest BCUT2D eigenvalue weighted by molar-refractivity contribution is -0.137. The third-order valence-electron chi connectivity index (χ3n) is 2.97. The molecule has 0 aliphatic carbocycles. The minimum atomic E-state index is -4.39. The summed E-state index contributed by atoms with van der Waals surface area (Å²) in [5, 5.41) is 0. The first-order valence-electron chi connectivity index (χ1n) is 7.13. The molecule has 0 aliphatic heterocycles. The third-order valence-corrected chi connectivity index (χ3v) is 2.97. The van der Waals surface area contributed by atoms with E-state index in [9.17, 15) is 13.2 Å². The molecule has 0 saturated heterocycles. The SMILES string of the molecule is C=O.CC.Cc1cnccc1-c1nc2cc(C(F)(F)F)ccc2o1. The zero-order valence-electron chi connectivity index (χ0n) is 13.5. The summed E-state index contributed by atoms with van der Waals surface area (Å²) in [6, 6.07) is 4.96. The highest BCUT2D eigenvalue weighted by Gasteiger charge is 2.31. The zero-order valence-corrected chi connectivity index (χ0v) is 13.5. The molecule has 0 spiro atoms. The lowest BCUT2D eigenvalue weighted by Gasteiger charge is -2.04. The highest BCUT2D eigenvalue weighted by Crippen LogP contribution is 2.33. The first-order chi connectivity index (χ1) is 11.4. The van der Waals surface area contributed by atoms with Crippen molar-refractivity contribution in [1.29, 1.82) is 0 Å². The molecule has 128 valence electrons. The average molecular weight is 338 g/mol. The van der Waals surface area contributed by atoms with Crippen LogP contribution in [0, 0.1) is 6.92 Å². The number of aromatic nitrogens is 2. The predicted molar refractivity (Wildman–Crippen MR) is 85.4 cm³/mol. The quantitative estimate of drug-likeness (QED) is 0.622. The number of fused-ring (bicyclic) bond motifs is 1. The van der Waals surface area contributed by atoms with E-state index >= 15 is 0 Å². The van der Waals surface area contributed by atoms with E-state index in [-0.39, 0.29) is 5.52 Å². The van der Waals surface area contributed by atoms with Crippen LogP contribution >= 0.6 is 0 Å². The van der Waals surface area contributed by atoms with E-state index in [1.807, 2.05) is 27.6 Å². The zero-order chi connectivity index (χ0) is 18.3. The highest BCUT2D eigenvalue weighted by atomic mass is 19.4. The van der Waals surface area contributed by atoms with Gasteiger partial charge in [-0.3, -0.25) is 4.98 Å². The summed E-state index contributed by atoms with van der Waals surface area (Å²) in [5.41, 5.74) is 1.33. The summed E-state index contributed by atoms with van der Waals surface area (Å²) in [5.74, 6) is 0.291. The van der Waals surface area contributed by atoms with Crippen molar-refractivity contribution in [3.05, 3.63) is 47.8 Å². The van der Waals surface area contributed by atoms with Crippen LogP contribution in [0.2, 0.25) is 0 Å².